The van der Waals surface area contributed by atoms with Crippen LogP contribution in [0.2, 0.25) is 0 Å². The van der Waals surface area contributed by atoms with Crippen molar-refractivity contribution >= 4 is 5.97 Å². The van der Waals surface area contributed by atoms with Gasteiger partial charge in [-0.3, -0.25) is 9.69 Å². The summed E-state index contributed by atoms with van der Waals surface area (Å²) in [7, 11) is 1.60. The molecular weight excluding hydrogens is 268 g/mol. The standard InChI is InChI=1S/C16H24N2O3/c1-3-21-16(19)11-14(18-9-5-4-6-10-18)13-7-8-15(20-2)17-12-13/h7-8,12,14H,3-6,9-11H2,1-2H3. The number of carbonyl (C=O) groups is 1. The van der Waals surface area contributed by atoms with Crippen molar-refractivity contribution < 1.29 is 14.3 Å². The molecule has 1 aromatic heterocycles. The lowest BCUT2D eigenvalue weighted by atomic mass is 10.0. The molecule has 116 valence electrons. The number of rotatable bonds is 6. The van der Waals surface area contributed by atoms with Gasteiger partial charge in [-0.05, 0) is 38.4 Å². The van der Waals surface area contributed by atoms with Crippen molar-refractivity contribution in [3.63, 3.8) is 0 Å². The number of piperidine rings is 1. The van der Waals surface area contributed by atoms with Gasteiger partial charge in [0.1, 0.15) is 0 Å². The molecule has 0 radical (unpaired) electrons. The van der Waals surface area contributed by atoms with Gasteiger partial charge < -0.3 is 9.47 Å². The molecule has 2 heterocycles. The number of esters is 1. The number of methoxy groups -OCH3 is 1. The molecule has 0 aromatic carbocycles. The molecule has 0 N–H and O–H groups in total. The average Bonchev–Trinajstić information content (AvgIpc) is 2.54. The minimum absolute atomic E-state index is 0.0442. The van der Waals surface area contributed by atoms with Crippen LogP contribution in [0.3, 0.4) is 0 Å². The lowest BCUT2D eigenvalue weighted by Crippen LogP contribution is -2.35. The van der Waals surface area contributed by atoms with Gasteiger partial charge in [0.15, 0.2) is 0 Å². The number of hydrogen-bond acceptors (Lipinski definition) is 5. The van der Waals surface area contributed by atoms with Crippen LogP contribution in [-0.4, -0.2) is 42.7 Å². The van der Waals surface area contributed by atoms with E-state index in [0.717, 1.165) is 18.7 Å². The quantitative estimate of drug-likeness (QED) is 0.754. The minimum atomic E-state index is -0.149. The molecule has 0 aliphatic carbocycles. The van der Waals surface area contributed by atoms with E-state index in [1.165, 1.54) is 19.3 Å². The van der Waals surface area contributed by atoms with Crippen molar-refractivity contribution in [1.82, 2.24) is 9.88 Å². The van der Waals surface area contributed by atoms with Gasteiger partial charge in [0, 0.05) is 18.3 Å². The summed E-state index contributed by atoms with van der Waals surface area (Å²) in [6.07, 6.45) is 5.81. The molecule has 1 aliphatic heterocycles. The first kappa shape index (κ1) is 15.8. The molecule has 5 heteroatoms. The van der Waals surface area contributed by atoms with Crippen molar-refractivity contribution in [1.29, 1.82) is 0 Å². The number of likely N-dealkylation sites (tertiary alicyclic amines) is 1. The minimum Gasteiger partial charge on any atom is -0.481 e. The second kappa shape index (κ2) is 7.98. The Bertz CT molecular complexity index is 441. The molecular formula is C16H24N2O3. The average molecular weight is 292 g/mol. The Labute approximate surface area is 126 Å². The number of aromatic nitrogens is 1. The SMILES string of the molecule is CCOC(=O)CC(c1ccc(OC)nc1)N1CCCCC1. The number of hydrogen-bond donors (Lipinski definition) is 0. The third-order valence-corrected chi connectivity index (χ3v) is 3.85. The molecule has 0 bridgehead atoms. The fourth-order valence-electron chi connectivity index (χ4n) is 2.78. The fraction of sp³-hybridized carbons (Fsp3) is 0.625. The Morgan fingerprint density at radius 1 is 1.33 bits per heavy atom. The summed E-state index contributed by atoms with van der Waals surface area (Å²) in [4.78, 5) is 18.5. The lowest BCUT2D eigenvalue weighted by molar-refractivity contribution is -0.144. The lowest BCUT2D eigenvalue weighted by Gasteiger charge is -2.34. The van der Waals surface area contributed by atoms with Gasteiger partial charge in [-0.2, -0.15) is 0 Å². The van der Waals surface area contributed by atoms with E-state index >= 15 is 0 Å². The van der Waals surface area contributed by atoms with Gasteiger partial charge in [-0.15, -0.1) is 0 Å². The first-order valence-corrected chi connectivity index (χ1v) is 7.64. The van der Waals surface area contributed by atoms with E-state index in [0.29, 0.717) is 18.9 Å². The van der Waals surface area contributed by atoms with Crippen molar-refractivity contribution in [3.05, 3.63) is 23.9 Å². The molecule has 1 aromatic rings. The molecule has 0 spiro atoms. The van der Waals surface area contributed by atoms with E-state index in [-0.39, 0.29) is 12.0 Å². The topological polar surface area (TPSA) is 51.7 Å². The van der Waals surface area contributed by atoms with Crippen LogP contribution in [0.4, 0.5) is 0 Å². The summed E-state index contributed by atoms with van der Waals surface area (Å²) in [6, 6.07) is 3.88. The van der Waals surface area contributed by atoms with Crippen LogP contribution in [0.1, 0.15) is 44.2 Å². The Morgan fingerprint density at radius 2 is 2.10 bits per heavy atom. The van der Waals surface area contributed by atoms with E-state index in [4.69, 9.17) is 9.47 Å². The highest BCUT2D eigenvalue weighted by Crippen LogP contribution is 2.28. The highest BCUT2D eigenvalue weighted by molar-refractivity contribution is 5.70. The molecule has 0 saturated carbocycles. The van der Waals surface area contributed by atoms with Crippen LogP contribution in [0.25, 0.3) is 0 Å². The van der Waals surface area contributed by atoms with E-state index in [9.17, 15) is 4.79 Å². The van der Waals surface area contributed by atoms with Gasteiger partial charge in [0.05, 0.1) is 20.1 Å². The summed E-state index contributed by atoms with van der Waals surface area (Å²) in [6.45, 7) is 4.31. The predicted octanol–water partition coefficient (Wildman–Crippen LogP) is 2.57. The predicted molar refractivity (Wildman–Crippen MR) is 80.2 cm³/mol. The Morgan fingerprint density at radius 3 is 2.67 bits per heavy atom. The zero-order chi connectivity index (χ0) is 15.1. The third-order valence-electron chi connectivity index (χ3n) is 3.85. The first-order valence-electron chi connectivity index (χ1n) is 7.64. The van der Waals surface area contributed by atoms with E-state index < -0.39 is 0 Å². The smallest absolute Gasteiger partial charge is 0.307 e. The van der Waals surface area contributed by atoms with Gasteiger partial charge in [-0.25, -0.2) is 4.98 Å². The highest BCUT2D eigenvalue weighted by atomic mass is 16.5. The number of nitrogens with zero attached hydrogens (tertiary/aromatic N) is 2. The Hall–Kier alpha value is -1.62. The van der Waals surface area contributed by atoms with Crippen LogP contribution in [0.15, 0.2) is 18.3 Å². The van der Waals surface area contributed by atoms with E-state index in [2.05, 4.69) is 9.88 Å². The van der Waals surface area contributed by atoms with Crippen molar-refractivity contribution in [3.8, 4) is 5.88 Å². The van der Waals surface area contributed by atoms with Crippen molar-refractivity contribution in [2.45, 2.75) is 38.6 Å². The second-order valence-corrected chi connectivity index (χ2v) is 5.26. The number of ether oxygens (including phenoxy) is 2. The van der Waals surface area contributed by atoms with Crippen LogP contribution in [0.5, 0.6) is 5.88 Å². The molecule has 1 unspecified atom stereocenters. The zero-order valence-corrected chi connectivity index (χ0v) is 12.9. The number of carbonyl (C=O) groups excluding carboxylic acids is 1. The van der Waals surface area contributed by atoms with Gasteiger partial charge >= 0.3 is 5.97 Å². The highest BCUT2D eigenvalue weighted by Gasteiger charge is 2.25. The second-order valence-electron chi connectivity index (χ2n) is 5.26. The maximum absolute atomic E-state index is 11.9. The largest absolute Gasteiger partial charge is 0.481 e. The van der Waals surface area contributed by atoms with Gasteiger partial charge in [0.25, 0.3) is 0 Å². The maximum Gasteiger partial charge on any atom is 0.307 e. The maximum atomic E-state index is 11.9. The molecule has 1 atom stereocenters. The monoisotopic (exact) mass is 292 g/mol. The summed E-state index contributed by atoms with van der Waals surface area (Å²) in [5, 5.41) is 0. The van der Waals surface area contributed by atoms with E-state index in [1.807, 2.05) is 19.1 Å². The van der Waals surface area contributed by atoms with Gasteiger partial charge in [-0.1, -0.05) is 12.5 Å². The summed E-state index contributed by atoms with van der Waals surface area (Å²) in [5.74, 6) is 0.441. The van der Waals surface area contributed by atoms with Crippen LogP contribution < -0.4 is 4.74 Å². The molecule has 0 amide bonds. The Balaban J connectivity index is 2.14. The molecule has 1 fully saturated rings. The molecule has 1 saturated heterocycles. The van der Waals surface area contributed by atoms with Gasteiger partial charge in [0.2, 0.25) is 5.88 Å². The normalized spacial score (nSPS) is 17.2. The van der Waals surface area contributed by atoms with Crippen molar-refractivity contribution in [2.24, 2.45) is 0 Å². The van der Waals surface area contributed by atoms with E-state index in [1.54, 1.807) is 13.3 Å². The zero-order valence-electron chi connectivity index (χ0n) is 12.9. The van der Waals surface area contributed by atoms with Crippen molar-refractivity contribution in [2.75, 3.05) is 26.8 Å². The number of pyridine rings is 1. The Kier molecular flexibility index (Phi) is 5.99. The fourth-order valence-corrected chi connectivity index (χ4v) is 2.78. The summed E-state index contributed by atoms with van der Waals surface area (Å²) >= 11 is 0. The molecule has 21 heavy (non-hydrogen) atoms. The van der Waals surface area contributed by atoms with Crippen LogP contribution in [-0.2, 0) is 9.53 Å². The third kappa shape index (κ3) is 4.43. The molecule has 2 rings (SSSR count). The summed E-state index contributed by atoms with van der Waals surface area (Å²) in [5.41, 5.74) is 1.05. The summed E-state index contributed by atoms with van der Waals surface area (Å²) < 4.78 is 10.2. The van der Waals surface area contributed by atoms with Crippen LogP contribution >= 0.6 is 0 Å². The molecule has 1 aliphatic rings. The van der Waals surface area contributed by atoms with Crippen LogP contribution in [0, 0.1) is 0 Å². The first-order chi connectivity index (χ1) is 10.2. The molecule has 5 nitrogen and oxygen atoms in total.